The minimum atomic E-state index is -0.287. The van der Waals surface area contributed by atoms with Gasteiger partial charge in [0.1, 0.15) is 5.69 Å². The molecule has 0 radical (unpaired) electrons. The van der Waals surface area contributed by atoms with Gasteiger partial charge in [0, 0.05) is 12.6 Å². The van der Waals surface area contributed by atoms with Crippen LogP contribution in [0.5, 0.6) is 0 Å². The molecule has 0 aliphatic heterocycles. The van der Waals surface area contributed by atoms with Crippen molar-refractivity contribution in [2.24, 2.45) is 0 Å². The zero-order chi connectivity index (χ0) is 17.8. The van der Waals surface area contributed by atoms with Gasteiger partial charge in [-0.25, -0.2) is 4.68 Å². The van der Waals surface area contributed by atoms with Gasteiger partial charge < -0.3 is 5.32 Å². The van der Waals surface area contributed by atoms with E-state index in [1.165, 1.54) is 16.8 Å². The standard InChI is InChI=1S/C20H21N3O2/c1-3-12-23-19(24)11-10-18(22-23)20(25)21-14(2)16-9-8-15-6-4-5-7-17(15)13-16/h4-11,13-14H,3,12H2,1-2H3,(H,21,25). The maximum absolute atomic E-state index is 12.5. The van der Waals surface area contributed by atoms with Gasteiger partial charge in [0.05, 0.1) is 6.04 Å². The molecule has 0 fully saturated rings. The minimum Gasteiger partial charge on any atom is -0.344 e. The fourth-order valence-corrected chi connectivity index (χ4v) is 2.77. The summed E-state index contributed by atoms with van der Waals surface area (Å²) in [6, 6.07) is 16.9. The molecule has 5 nitrogen and oxygen atoms in total. The second-order valence-electron chi connectivity index (χ2n) is 6.08. The molecule has 128 valence electrons. The van der Waals surface area contributed by atoms with E-state index in [9.17, 15) is 9.59 Å². The van der Waals surface area contributed by atoms with Gasteiger partial charge in [-0.1, -0.05) is 43.3 Å². The molecule has 1 heterocycles. The lowest BCUT2D eigenvalue weighted by Crippen LogP contribution is -2.31. The Hall–Kier alpha value is -2.95. The van der Waals surface area contributed by atoms with Gasteiger partial charge in [0.15, 0.2) is 0 Å². The monoisotopic (exact) mass is 335 g/mol. The number of nitrogens with zero attached hydrogens (tertiary/aromatic N) is 2. The van der Waals surface area contributed by atoms with Crippen molar-refractivity contribution in [3.8, 4) is 0 Å². The molecule has 1 aromatic heterocycles. The molecule has 3 aromatic rings. The molecule has 1 atom stereocenters. The third-order valence-corrected chi connectivity index (χ3v) is 4.16. The highest BCUT2D eigenvalue weighted by Crippen LogP contribution is 2.20. The zero-order valence-corrected chi connectivity index (χ0v) is 14.4. The molecule has 0 bridgehead atoms. The van der Waals surface area contributed by atoms with E-state index < -0.39 is 0 Å². The number of fused-ring (bicyclic) bond motifs is 1. The van der Waals surface area contributed by atoms with Crippen LogP contribution in [0.25, 0.3) is 10.8 Å². The molecule has 1 unspecified atom stereocenters. The molecule has 3 rings (SSSR count). The lowest BCUT2D eigenvalue weighted by molar-refractivity contribution is 0.0932. The summed E-state index contributed by atoms with van der Waals surface area (Å²) in [5, 5.41) is 9.40. The van der Waals surface area contributed by atoms with Gasteiger partial charge in [-0.15, -0.1) is 0 Å². The number of aromatic nitrogens is 2. The number of benzene rings is 2. The number of amides is 1. The van der Waals surface area contributed by atoms with E-state index in [2.05, 4.69) is 28.6 Å². The van der Waals surface area contributed by atoms with Gasteiger partial charge in [0.2, 0.25) is 0 Å². The predicted molar refractivity (Wildman–Crippen MR) is 98.6 cm³/mol. The van der Waals surface area contributed by atoms with Crippen molar-refractivity contribution in [1.82, 2.24) is 15.1 Å². The molecule has 0 saturated carbocycles. The summed E-state index contributed by atoms with van der Waals surface area (Å²) < 4.78 is 1.33. The number of carbonyl (C=O) groups excluding carboxylic acids is 1. The number of hydrogen-bond acceptors (Lipinski definition) is 3. The molecular weight excluding hydrogens is 314 g/mol. The number of hydrogen-bond donors (Lipinski definition) is 1. The van der Waals surface area contributed by atoms with E-state index in [0.29, 0.717) is 6.54 Å². The summed E-state index contributed by atoms with van der Waals surface area (Å²) in [5.74, 6) is -0.287. The van der Waals surface area contributed by atoms with E-state index in [4.69, 9.17) is 0 Å². The third kappa shape index (κ3) is 3.76. The van der Waals surface area contributed by atoms with E-state index in [1.807, 2.05) is 38.1 Å². The Bertz CT molecular complexity index is 962. The SMILES string of the molecule is CCCn1nc(C(=O)NC(C)c2ccc3ccccc3c2)ccc1=O. The van der Waals surface area contributed by atoms with Crippen molar-refractivity contribution in [3.05, 3.63) is 76.2 Å². The highest BCUT2D eigenvalue weighted by atomic mass is 16.2. The van der Waals surface area contributed by atoms with Crippen LogP contribution in [0.2, 0.25) is 0 Å². The smallest absolute Gasteiger partial charge is 0.272 e. The molecule has 5 heteroatoms. The molecule has 1 amide bonds. The Morgan fingerprint density at radius 1 is 1.12 bits per heavy atom. The van der Waals surface area contributed by atoms with Crippen molar-refractivity contribution in [3.63, 3.8) is 0 Å². The molecule has 0 saturated heterocycles. The Morgan fingerprint density at radius 3 is 2.64 bits per heavy atom. The highest BCUT2D eigenvalue weighted by Gasteiger charge is 2.14. The summed E-state index contributed by atoms with van der Waals surface area (Å²) >= 11 is 0. The maximum atomic E-state index is 12.5. The topological polar surface area (TPSA) is 64.0 Å². The van der Waals surface area contributed by atoms with Crippen LogP contribution in [-0.4, -0.2) is 15.7 Å². The maximum Gasteiger partial charge on any atom is 0.272 e. The van der Waals surface area contributed by atoms with Crippen LogP contribution in [-0.2, 0) is 6.54 Å². The van der Waals surface area contributed by atoms with E-state index >= 15 is 0 Å². The van der Waals surface area contributed by atoms with Crippen LogP contribution >= 0.6 is 0 Å². The normalized spacial score (nSPS) is 12.1. The van der Waals surface area contributed by atoms with Gasteiger partial charge in [-0.2, -0.15) is 5.10 Å². The Labute approximate surface area is 146 Å². The van der Waals surface area contributed by atoms with Crippen LogP contribution in [0.4, 0.5) is 0 Å². The molecule has 2 aromatic carbocycles. The lowest BCUT2D eigenvalue weighted by atomic mass is 10.0. The second-order valence-corrected chi connectivity index (χ2v) is 6.08. The minimum absolute atomic E-state index is 0.162. The Morgan fingerprint density at radius 2 is 1.88 bits per heavy atom. The first kappa shape index (κ1) is 16.9. The number of nitrogens with one attached hydrogen (secondary N) is 1. The largest absolute Gasteiger partial charge is 0.344 e. The summed E-state index contributed by atoms with van der Waals surface area (Å²) in [6.07, 6.45) is 0.783. The van der Waals surface area contributed by atoms with Crippen LogP contribution in [0, 0.1) is 0 Å². The fraction of sp³-hybridized carbons (Fsp3) is 0.250. The Balaban J connectivity index is 1.79. The predicted octanol–water partition coefficient (Wildman–Crippen LogP) is 3.30. The summed E-state index contributed by atoms with van der Waals surface area (Å²) in [4.78, 5) is 24.2. The first-order valence-corrected chi connectivity index (χ1v) is 8.46. The van der Waals surface area contributed by atoms with Crippen LogP contribution in [0.15, 0.2) is 59.4 Å². The first-order chi connectivity index (χ1) is 12.1. The number of carbonyl (C=O) groups is 1. The summed E-state index contributed by atoms with van der Waals surface area (Å²) in [7, 11) is 0. The molecule has 0 aliphatic carbocycles. The molecule has 1 N–H and O–H groups in total. The Kier molecular flexibility index (Phi) is 4.93. The lowest BCUT2D eigenvalue weighted by Gasteiger charge is -2.15. The average molecular weight is 335 g/mol. The van der Waals surface area contributed by atoms with Crippen molar-refractivity contribution in [2.75, 3.05) is 0 Å². The number of aryl methyl sites for hydroxylation is 1. The van der Waals surface area contributed by atoms with Crippen LogP contribution < -0.4 is 10.9 Å². The molecule has 0 spiro atoms. The number of rotatable bonds is 5. The van der Waals surface area contributed by atoms with Gasteiger partial charge in [0.25, 0.3) is 11.5 Å². The van der Waals surface area contributed by atoms with Crippen LogP contribution in [0.1, 0.15) is 42.4 Å². The zero-order valence-electron chi connectivity index (χ0n) is 14.4. The van der Waals surface area contributed by atoms with Crippen molar-refractivity contribution >= 4 is 16.7 Å². The van der Waals surface area contributed by atoms with Gasteiger partial charge >= 0.3 is 0 Å². The highest BCUT2D eigenvalue weighted by molar-refractivity contribution is 5.92. The summed E-state index contributed by atoms with van der Waals surface area (Å²) in [6.45, 7) is 4.40. The van der Waals surface area contributed by atoms with E-state index in [-0.39, 0.29) is 23.2 Å². The first-order valence-electron chi connectivity index (χ1n) is 8.46. The van der Waals surface area contributed by atoms with Crippen molar-refractivity contribution in [1.29, 1.82) is 0 Å². The van der Waals surface area contributed by atoms with Crippen LogP contribution in [0.3, 0.4) is 0 Å². The second kappa shape index (κ2) is 7.30. The molecule has 0 aliphatic rings. The summed E-state index contributed by atoms with van der Waals surface area (Å²) in [5.41, 5.74) is 1.08. The van der Waals surface area contributed by atoms with Gasteiger partial charge in [-0.05, 0) is 41.8 Å². The third-order valence-electron chi connectivity index (χ3n) is 4.16. The molecular formula is C20H21N3O2. The fourth-order valence-electron chi connectivity index (χ4n) is 2.77. The quantitative estimate of drug-likeness (QED) is 0.778. The van der Waals surface area contributed by atoms with E-state index in [1.54, 1.807) is 0 Å². The van der Waals surface area contributed by atoms with Crippen molar-refractivity contribution < 1.29 is 4.79 Å². The van der Waals surface area contributed by atoms with Gasteiger partial charge in [-0.3, -0.25) is 9.59 Å². The van der Waals surface area contributed by atoms with E-state index in [0.717, 1.165) is 22.8 Å². The average Bonchev–Trinajstić information content (AvgIpc) is 2.63. The van der Waals surface area contributed by atoms with Crippen molar-refractivity contribution in [2.45, 2.75) is 32.9 Å². The molecule has 25 heavy (non-hydrogen) atoms.